The van der Waals surface area contributed by atoms with Crippen LogP contribution in [-0.4, -0.2) is 9.19 Å². The number of fused-ring (bicyclic) bond motifs is 1. The van der Waals surface area contributed by atoms with Gasteiger partial charge in [-0.25, -0.2) is 4.21 Å². The van der Waals surface area contributed by atoms with Crippen LogP contribution in [0, 0.1) is 6.92 Å². The van der Waals surface area contributed by atoms with E-state index < -0.39 is 11.0 Å². The van der Waals surface area contributed by atoms with E-state index in [2.05, 4.69) is 9.71 Å². The van der Waals surface area contributed by atoms with Gasteiger partial charge in [0.05, 0.1) is 11.2 Å². The van der Waals surface area contributed by atoms with E-state index in [1.807, 2.05) is 48.7 Å². The molecule has 0 spiro atoms. The Bertz CT molecular complexity index is 738. The van der Waals surface area contributed by atoms with Gasteiger partial charge in [-0.1, -0.05) is 24.3 Å². The zero-order valence-corrected chi connectivity index (χ0v) is 11.9. The van der Waals surface area contributed by atoms with Crippen LogP contribution < -0.4 is 4.72 Å². The molecule has 0 saturated carbocycles. The van der Waals surface area contributed by atoms with Gasteiger partial charge in [0.25, 0.3) is 0 Å². The first-order valence-electron chi connectivity index (χ1n) is 5.82. The maximum atomic E-state index is 12.3. The van der Waals surface area contributed by atoms with E-state index >= 15 is 0 Å². The normalized spacial score (nSPS) is 12.5. The molecule has 0 saturated heterocycles. The SMILES string of the molecule is Cc1ccc2cccnc2c1NS(=O)c1cccs1. The highest BCUT2D eigenvalue weighted by Crippen LogP contribution is 2.27. The third kappa shape index (κ3) is 2.39. The van der Waals surface area contributed by atoms with Gasteiger partial charge in [0.2, 0.25) is 0 Å². The van der Waals surface area contributed by atoms with Crippen molar-refractivity contribution in [2.75, 3.05) is 4.72 Å². The van der Waals surface area contributed by atoms with Crippen LogP contribution in [0.3, 0.4) is 0 Å². The molecule has 3 aromatic rings. The number of hydrogen-bond donors (Lipinski definition) is 1. The number of aryl methyl sites for hydroxylation is 1. The zero-order chi connectivity index (χ0) is 13.2. The second-order valence-corrected chi connectivity index (χ2v) is 6.52. The summed E-state index contributed by atoms with van der Waals surface area (Å²) in [5.41, 5.74) is 2.73. The van der Waals surface area contributed by atoms with Crippen LogP contribution in [-0.2, 0) is 11.0 Å². The number of benzene rings is 1. The summed E-state index contributed by atoms with van der Waals surface area (Å²) in [6.45, 7) is 1.99. The predicted octanol–water partition coefficient (Wildman–Crippen LogP) is 3.74. The van der Waals surface area contributed by atoms with Gasteiger partial charge in [0, 0.05) is 11.6 Å². The molecule has 0 aliphatic rings. The molecule has 19 heavy (non-hydrogen) atoms. The minimum Gasteiger partial charge on any atom is -0.298 e. The van der Waals surface area contributed by atoms with Crippen LogP contribution in [0.25, 0.3) is 10.9 Å². The van der Waals surface area contributed by atoms with Crippen molar-refractivity contribution in [1.29, 1.82) is 0 Å². The molecule has 0 fully saturated rings. The summed E-state index contributed by atoms with van der Waals surface area (Å²) in [7, 11) is -1.24. The molecule has 5 heteroatoms. The molecule has 1 aromatic carbocycles. The summed E-state index contributed by atoms with van der Waals surface area (Å²) in [4.78, 5) is 4.38. The third-order valence-electron chi connectivity index (χ3n) is 2.86. The summed E-state index contributed by atoms with van der Waals surface area (Å²) < 4.78 is 16.1. The molecule has 1 unspecified atom stereocenters. The summed E-state index contributed by atoms with van der Waals surface area (Å²) in [5.74, 6) is 0. The van der Waals surface area contributed by atoms with Crippen molar-refractivity contribution in [2.45, 2.75) is 11.1 Å². The van der Waals surface area contributed by atoms with E-state index in [0.717, 1.165) is 26.4 Å². The topological polar surface area (TPSA) is 42.0 Å². The van der Waals surface area contributed by atoms with Crippen LogP contribution in [0.5, 0.6) is 0 Å². The molecule has 0 aliphatic carbocycles. The number of pyridine rings is 1. The van der Waals surface area contributed by atoms with Gasteiger partial charge >= 0.3 is 0 Å². The summed E-state index contributed by atoms with van der Waals surface area (Å²) in [6.07, 6.45) is 1.75. The van der Waals surface area contributed by atoms with Crippen molar-refractivity contribution < 1.29 is 4.21 Å². The van der Waals surface area contributed by atoms with Crippen LogP contribution in [0.15, 0.2) is 52.2 Å². The smallest absolute Gasteiger partial charge is 0.160 e. The lowest BCUT2D eigenvalue weighted by molar-refractivity contribution is 0.687. The Balaban J connectivity index is 2.05. The second-order valence-electron chi connectivity index (χ2n) is 4.14. The van der Waals surface area contributed by atoms with Crippen molar-refractivity contribution in [2.24, 2.45) is 0 Å². The van der Waals surface area contributed by atoms with Crippen molar-refractivity contribution >= 4 is 38.9 Å². The Labute approximate surface area is 117 Å². The fourth-order valence-electron chi connectivity index (χ4n) is 1.89. The molecule has 3 rings (SSSR count). The highest BCUT2D eigenvalue weighted by Gasteiger charge is 2.10. The predicted molar refractivity (Wildman–Crippen MR) is 80.8 cm³/mol. The van der Waals surface area contributed by atoms with Crippen molar-refractivity contribution in [3.63, 3.8) is 0 Å². The quantitative estimate of drug-likeness (QED) is 0.797. The first-order valence-corrected chi connectivity index (χ1v) is 7.85. The van der Waals surface area contributed by atoms with Crippen molar-refractivity contribution in [3.8, 4) is 0 Å². The minimum atomic E-state index is -1.24. The number of hydrogen-bond acceptors (Lipinski definition) is 3. The number of nitrogens with one attached hydrogen (secondary N) is 1. The van der Waals surface area contributed by atoms with Gasteiger partial charge < -0.3 is 0 Å². The standard InChI is InChI=1S/C14H12N2OS2/c1-10-6-7-11-4-2-8-15-14(11)13(10)16-19(17)12-5-3-9-18-12/h2-9,16H,1H3. The van der Waals surface area contributed by atoms with Crippen molar-refractivity contribution in [3.05, 3.63) is 53.5 Å². The largest absolute Gasteiger partial charge is 0.298 e. The summed E-state index contributed by atoms with van der Waals surface area (Å²) in [6, 6.07) is 11.7. The van der Waals surface area contributed by atoms with Crippen LogP contribution in [0.4, 0.5) is 5.69 Å². The lowest BCUT2D eigenvalue weighted by atomic mass is 10.1. The lowest BCUT2D eigenvalue weighted by Gasteiger charge is -2.10. The second kappa shape index (κ2) is 5.11. The van der Waals surface area contributed by atoms with E-state index in [0.29, 0.717) is 0 Å². The Morgan fingerprint density at radius 1 is 1.21 bits per heavy atom. The van der Waals surface area contributed by atoms with E-state index in [1.54, 1.807) is 6.20 Å². The van der Waals surface area contributed by atoms with Gasteiger partial charge in [-0.05, 0) is 30.0 Å². The lowest BCUT2D eigenvalue weighted by Crippen LogP contribution is -2.05. The molecule has 1 N–H and O–H groups in total. The molecule has 2 aromatic heterocycles. The first-order chi connectivity index (χ1) is 9.25. The van der Waals surface area contributed by atoms with Gasteiger partial charge in [0.15, 0.2) is 11.0 Å². The van der Waals surface area contributed by atoms with E-state index in [9.17, 15) is 4.21 Å². The van der Waals surface area contributed by atoms with Gasteiger partial charge in [-0.3, -0.25) is 9.71 Å². The van der Waals surface area contributed by atoms with Gasteiger partial charge in [-0.15, -0.1) is 11.3 Å². The number of anilines is 1. The molecule has 2 heterocycles. The Kier molecular flexibility index (Phi) is 3.31. The highest BCUT2D eigenvalue weighted by atomic mass is 32.2. The monoisotopic (exact) mass is 288 g/mol. The average molecular weight is 288 g/mol. The maximum absolute atomic E-state index is 12.3. The molecule has 0 bridgehead atoms. The molecular weight excluding hydrogens is 276 g/mol. The Morgan fingerprint density at radius 3 is 2.89 bits per heavy atom. The molecule has 0 aliphatic heterocycles. The van der Waals surface area contributed by atoms with Crippen LogP contribution in [0.1, 0.15) is 5.56 Å². The Hall–Kier alpha value is -1.72. The number of nitrogens with zero attached hydrogens (tertiary/aromatic N) is 1. The number of rotatable bonds is 3. The van der Waals surface area contributed by atoms with Gasteiger partial charge in [-0.2, -0.15) is 0 Å². The highest BCUT2D eigenvalue weighted by molar-refractivity contribution is 7.88. The Morgan fingerprint density at radius 2 is 2.11 bits per heavy atom. The zero-order valence-electron chi connectivity index (χ0n) is 10.3. The molecule has 96 valence electrons. The fraction of sp³-hybridized carbons (Fsp3) is 0.0714. The summed E-state index contributed by atoms with van der Waals surface area (Å²) in [5, 5.41) is 2.96. The molecular formula is C14H12N2OS2. The molecule has 0 radical (unpaired) electrons. The maximum Gasteiger partial charge on any atom is 0.160 e. The van der Waals surface area contributed by atoms with E-state index in [-0.39, 0.29) is 0 Å². The van der Waals surface area contributed by atoms with E-state index in [1.165, 1.54) is 11.3 Å². The van der Waals surface area contributed by atoms with Crippen LogP contribution >= 0.6 is 11.3 Å². The summed E-state index contributed by atoms with van der Waals surface area (Å²) >= 11 is 1.48. The third-order valence-corrected chi connectivity index (χ3v) is 5.15. The molecule has 1 atom stereocenters. The number of aromatic nitrogens is 1. The van der Waals surface area contributed by atoms with Gasteiger partial charge in [0.1, 0.15) is 4.21 Å². The minimum absolute atomic E-state index is 0.812. The molecule has 3 nitrogen and oxygen atoms in total. The number of thiophene rings is 1. The van der Waals surface area contributed by atoms with E-state index in [4.69, 9.17) is 0 Å². The van der Waals surface area contributed by atoms with Crippen LogP contribution in [0.2, 0.25) is 0 Å². The molecule has 0 amide bonds. The van der Waals surface area contributed by atoms with Crippen molar-refractivity contribution in [1.82, 2.24) is 4.98 Å². The average Bonchev–Trinajstić information content (AvgIpc) is 2.96. The first kappa shape index (κ1) is 12.3. The fourth-order valence-corrected chi connectivity index (χ4v) is 3.72.